The van der Waals surface area contributed by atoms with Crippen molar-refractivity contribution in [2.45, 2.75) is 11.8 Å². The van der Waals surface area contributed by atoms with E-state index in [0.29, 0.717) is 33.1 Å². The van der Waals surface area contributed by atoms with Crippen LogP contribution in [-0.2, 0) is 14.3 Å². The number of thioether (sulfide) groups is 1. The van der Waals surface area contributed by atoms with Gasteiger partial charge in [0.25, 0.3) is 11.8 Å². The normalized spacial score (nSPS) is 10.9. The smallest absolute Gasteiger partial charge is 0.338 e. The molecule has 4 aromatic rings. The average Bonchev–Trinajstić information content (AvgIpc) is 3.02. The second kappa shape index (κ2) is 15.4. The van der Waals surface area contributed by atoms with E-state index in [9.17, 15) is 19.2 Å². The minimum Gasteiger partial charge on any atom is -0.462 e. The second-order valence-electron chi connectivity index (χ2n) is 9.05. The molecule has 3 amide bonds. The molecule has 43 heavy (non-hydrogen) atoms. The van der Waals surface area contributed by atoms with Crippen LogP contribution < -0.4 is 16.0 Å². The Kier molecular flexibility index (Phi) is 11.1. The third-order valence-corrected chi connectivity index (χ3v) is 7.10. The fraction of sp³-hybridized carbons (Fsp3) is 0.0909. The summed E-state index contributed by atoms with van der Waals surface area (Å²) in [6.45, 7) is 2.02. The van der Waals surface area contributed by atoms with Crippen molar-refractivity contribution in [2.24, 2.45) is 0 Å². The highest BCUT2D eigenvalue weighted by atomic mass is 35.5. The van der Waals surface area contributed by atoms with E-state index in [2.05, 4.69) is 16.0 Å². The Hall–Kier alpha value is -4.86. The quantitative estimate of drug-likeness (QED) is 0.0991. The number of benzene rings is 4. The summed E-state index contributed by atoms with van der Waals surface area (Å²) in [5.41, 5.74) is 2.57. The molecule has 4 aromatic carbocycles. The van der Waals surface area contributed by atoms with Crippen molar-refractivity contribution in [3.63, 3.8) is 0 Å². The molecule has 0 unspecified atom stereocenters. The molecule has 0 radical (unpaired) electrons. The number of anilines is 2. The van der Waals surface area contributed by atoms with Gasteiger partial charge in [-0.2, -0.15) is 0 Å². The maximum Gasteiger partial charge on any atom is 0.338 e. The number of carbonyl (C=O) groups excluding carboxylic acids is 4. The lowest BCUT2D eigenvalue weighted by atomic mass is 10.1. The summed E-state index contributed by atoms with van der Waals surface area (Å²) < 4.78 is 4.97. The van der Waals surface area contributed by atoms with Gasteiger partial charge >= 0.3 is 5.97 Å². The maximum atomic E-state index is 13.3. The van der Waals surface area contributed by atoms with Crippen molar-refractivity contribution in [3.05, 3.63) is 131 Å². The van der Waals surface area contributed by atoms with Gasteiger partial charge in [0.1, 0.15) is 5.70 Å². The van der Waals surface area contributed by atoms with Crippen LogP contribution in [-0.4, -0.2) is 36.1 Å². The van der Waals surface area contributed by atoms with Crippen LogP contribution in [0.3, 0.4) is 0 Å². The van der Waals surface area contributed by atoms with Gasteiger partial charge in [0, 0.05) is 26.9 Å². The summed E-state index contributed by atoms with van der Waals surface area (Å²) in [6.07, 6.45) is 1.56. The molecule has 10 heteroatoms. The minimum atomic E-state index is -0.523. The highest BCUT2D eigenvalue weighted by Crippen LogP contribution is 2.23. The molecule has 0 fully saturated rings. The van der Waals surface area contributed by atoms with E-state index in [4.69, 9.17) is 16.3 Å². The molecule has 4 rings (SSSR count). The first-order valence-electron chi connectivity index (χ1n) is 13.3. The van der Waals surface area contributed by atoms with Crippen LogP contribution >= 0.6 is 23.4 Å². The predicted molar refractivity (Wildman–Crippen MR) is 170 cm³/mol. The number of hydrogen-bond donors (Lipinski definition) is 3. The fourth-order valence-corrected chi connectivity index (χ4v) is 4.66. The number of ether oxygens (including phenoxy) is 1. The van der Waals surface area contributed by atoms with E-state index in [1.54, 1.807) is 110 Å². The predicted octanol–water partition coefficient (Wildman–Crippen LogP) is 6.66. The van der Waals surface area contributed by atoms with Crippen LogP contribution in [0.15, 0.2) is 114 Å². The summed E-state index contributed by atoms with van der Waals surface area (Å²) >= 11 is 7.29. The molecule has 0 heterocycles. The van der Waals surface area contributed by atoms with E-state index in [1.807, 2.05) is 6.07 Å². The zero-order valence-electron chi connectivity index (χ0n) is 23.1. The molecule has 0 saturated carbocycles. The van der Waals surface area contributed by atoms with Crippen molar-refractivity contribution in [3.8, 4) is 0 Å². The molecule has 0 bridgehead atoms. The molecule has 0 aliphatic carbocycles. The molecule has 0 aliphatic rings. The first-order valence-corrected chi connectivity index (χ1v) is 14.6. The lowest BCUT2D eigenvalue weighted by Gasteiger charge is -2.12. The van der Waals surface area contributed by atoms with Gasteiger partial charge in [0.05, 0.1) is 17.9 Å². The Morgan fingerprint density at radius 2 is 1.51 bits per heavy atom. The van der Waals surface area contributed by atoms with Crippen LogP contribution in [0, 0.1) is 0 Å². The highest BCUT2D eigenvalue weighted by molar-refractivity contribution is 8.00. The summed E-state index contributed by atoms with van der Waals surface area (Å²) in [6, 6.07) is 28.9. The third-order valence-electron chi connectivity index (χ3n) is 5.85. The van der Waals surface area contributed by atoms with Crippen molar-refractivity contribution >= 4 is 64.5 Å². The van der Waals surface area contributed by atoms with E-state index in [1.165, 1.54) is 11.8 Å². The van der Waals surface area contributed by atoms with E-state index in [-0.39, 0.29) is 24.0 Å². The Balaban J connectivity index is 1.39. The molecule has 3 N–H and O–H groups in total. The summed E-state index contributed by atoms with van der Waals surface area (Å²) in [5, 5.41) is 8.87. The molecular formula is C33H28ClN3O5S. The molecule has 0 aromatic heterocycles. The van der Waals surface area contributed by atoms with Gasteiger partial charge in [-0.1, -0.05) is 48.0 Å². The van der Waals surface area contributed by atoms with Crippen molar-refractivity contribution in [2.75, 3.05) is 23.0 Å². The van der Waals surface area contributed by atoms with Gasteiger partial charge in [-0.3, -0.25) is 14.4 Å². The molecule has 0 saturated heterocycles. The Labute approximate surface area is 258 Å². The minimum absolute atomic E-state index is 0.0441. The topological polar surface area (TPSA) is 114 Å². The van der Waals surface area contributed by atoms with Crippen LogP contribution in [0.4, 0.5) is 11.4 Å². The molecule has 218 valence electrons. The third kappa shape index (κ3) is 9.59. The Bertz CT molecular complexity index is 1620. The number of esters is 1. The molecular weight excluding hydrogens is 586 g/mol. The van der Waals surface area contributed by atoms with E-state index < -0.39 is 17.8 Å². The van der Waals surface area contributed by atoms with Crippen molar-refractivity contribution in [1.29, 1.82) is 0 Å². The first kappa shape index (κ1) is 31.1. The van der Waals surface area contributed by atoms with Crippen LogP contribution in [0.1, 0.15) is 33.2 Å². The second-order valence-corrected chi connectivity index (χ2v) is 10.5. The largest absolute Gasteiger partial charge is 0.462 e. The summed E-state index contributed by atoms with van der Waals surface area (Å²) in [4.78, 5) is 51.2. The number of carbonyl (C=O) groups is 4. The number of rotatable bonds is 11. The van der Waals surface area contributed by atoms with E-state index in [0.717, 1.165) is 4.90 Å². The number of amides is 3. The SMILES string of the molecule is CCOC(=O)c1ccc(NC(=O)CSc2cccc(NC(=O)/C(=C/c3ccc(Cl)cc3)NC(=O)c3ccccc3)c2)cc1. The first-order chi connectivity index (χ1) is 20.8. The van der Waals surface area contributed by atoms with Crippen LogP contribution in [0.25, 0.3) is 6.08 Å². The van der Waals surface area contributed by atoms with Crippen LogP contribution in [0.5, 0.6) is 0 Å². The Morgan fingerprint density at radius 1 is 0.791 bits per heavy atom. The molecule has 8 nitrogen and oxygen atoms in total. The van der Waals surface area contributed by atoms with Gasteiger partial charge < -0.3 is 20.7 Å². The standard InChI is InChI=1S/C33H28ClN3O5S/c1-2-42-33(41)24-13-17-26(18-14-24)35-30(38)21-43-28-10-6-9-27(20-28)36-32(40)29(19-22-11-15-25(34)16-12-22)37-31(39)23-7-4-3-5-8-23/h3-20H,2,21H2,1H3,(H,35,38)(H,36,40)(H,37,39)/b29-19-. The fourth-order valence-electron chi connectivity index (χ4n) is 3.78. The lowest BCUT2D eigenvalue weighted by Crippen LogP contribution is -2.30. The van der Waals surface area contributed by atoms with Gasteiger partial charge in [-0.15, -0.1) is 11.8 Å². The highest BCUT2D eigenvalue weighted by Gasteiger charge is 2.16. The monoisotopic (exact) mass is 613 g/mol. The Morgan fingerprint density at radius 3 is 2.21 bits per heavy atom. The van der Waals surface area contributed by atoms with Crippen molar-refractivity contribution in [1.82, 2.24) is 5.32 Å². The zero-order valence-corrected chi connectivity index (χ0v) is 24.7. The van der Waals surface area contributed by atoms with Crippen molar-refractivity contribution < 1.29 is 23.9 Å². The number of halogens is 1. The molecule has 0 spiro atoms. The lowest BCUT2D eigenvalue weighted by molar-refractivity contribution is -0.114. The zero-order chi connectivity index (χ0) is 30.6. The van der Waals surface area contributed by atoms with Gasteiger partial charge in [0.15, 0.2) is 0 Å². The van der Waals surface area contributed by atoms with E-state index >= 15 is 0 Å². The van der Waals surface area contributed by atoms with Crippen LogP contribution in [0.2, 0.25) is 5.02 Å². The molecule has 0 aliphatic heterocycles. The summed E-state index contributed by atoms with van der Waals surface area (Å²) in [7, 11) is 0. The van der Waals surface area contributed by atoms with Gasteiger partial charge in [0.2, 0.25) is 5.91 Å². The average molecular weight is 614 g/mol. The summed E-state index contributed by atoms with van der Waals surface area (Å²) in [5.74, 6) is -1.49. The maximum absolute atomic E-state index is 13.3. The number of hydrogen-bond acceptors (Lipinski definition) is 6. The molecule has 0 atom stereocenters. The van der Waals surface area contributed by atoms with Gasteiger partial charge in [-0.25, -0.2) is 4.79 Å². The van der Waals surface area contributed by atoms with Gasteiger partial charge in [-0.05, 0) is 85.3 Å². The number of nitrogens with one attached hydrogen (secondary N) is 3.